The van der Waals surface area contributed by atoms with Gasteiger partial charge < -0.3 is 11.1 Å². The molecule has 0 atom stereocenters. The Bertz CT molecular complexity index is 264. The minimum absolute atomic E-state index is 0.210. The molecule has 2 heteroatoms. The molecule has 0 aromatic rings. The van der Waals surface area contributed by atoms with Gasteiger partial charge in [0.05, 0.1) is 0 Å². The minimum atomic E-state index is 0.210. The quantitative estimate of drug-likeness (QED) is 0.646. The second kappa shape index (κ2) is 3.69. The van der Waals surface area contributed by atoms with Gasteiger partial charge in [0.1, 0.15) is 0 Å². The van der Waals surface area contributed by atoms with E-state index in [1.807, 2.05) is 12.2 Å². The van der Waals surface area contributed by atoms with Crippen molar-refractivity contribution in [2.24, 2.45) is 11.1 Å². The highest BCUT2D eigenvalue weighted by Gasteiger charge is 2.20. The van der Waals surface area contributed by atoms with Crippen molar-refractivity contribution in [3.8, 4) is 0 Å². The second-order valence-corrected chi connectivity index (χ2v) is 4.27. The van der Waals surface area contributed by atoms with Crippen LogP contribution in [0.4, 0.5) is 0 Å². The molecule has 0 aromatic carbocycles. The Morgan fingerprint density at radius 2 is 2.15 bits per heavy atom. The summed E-state index contributed by atoms with van der Waals surface area (Å²) in [6.45, 7) is 6.61. The Kier molecular flexibility index (Phi) is 2.81. The van der Waals surface area contributed by atoms with Gasteiger partial charge in [-0.25, -0.2) is 0 Å². The maximum atomic E-state index is 5.26. The van der Waals surface area contributed by atoms with Crippen LogP contribution in [0.25, 0.3) is 0 Å². The summed E-state index contributed by atoms with van der Waals surface area (Å²) in [5.41, 5.74) is 7.98. The van der Waals surface area contributed by atoms with Gasteiger partial charge >= 0.3 is 0 Å². The third-order valence-corrected chi connectivity index (χ3v) is 2.04. The summed E-state index contributed by atoms with van der Waals surface area (Å²) in [4.78, 5) is 0. The lowest BCUT2D eigenvalue weighted by molar-refractivity contribution is 0.481. The van der Waals surface area contributed by atoms with Crippen molar-refractivity contribution < 1.29 is 0 Å². The standard InChI is InChI=1S/C11H18N2/c1-11(2,3)10-7-6-9(13-10)5-4-8-12/h4-5,7-8,13H,6,12H2,1-3H3/b8-4+,9-5+. The molecule has 0 saturated heterocycles. The fourth-order valence-corrected chi connectivity index (χ4v) is 1.26. The molecule has 0 spiro atoms. The van der Waals surface area contributed by atoms with E-state index in [0.29, 0.717) is 0 Å². The predicted molar refractivity (Wildman–Crippen MR) is 56.7 cm³/mol. The fraction of sp³-hybridized carbons (Fsp3) is 0.455. The van der Waals surface area contributed by atoms with Crippen LogP contribution in [0.5, 0.6) is 0 Å². The number of nitrogens with two attached hydrogens (primary N) is 1. The summed E-state index contributed by atoms with van der Waals surface area (Å²) in [5, 5.41) is 3.38. The largest absolute Gasteiger partial charge is 0.405 e. The normalized spacial score (nSPS) is 20.8. The molecule has 3 N–H and O–H groups in total. The van der Waals surface area contributed by atoms with Gasteiger partial charge in [0, 0.05) is 23.2 Å². The zero-order valence-electron chi connectivity index (χ0n) is 8.59. The summed E-state index contributed by atoms with van der Waals surface area (Å²) in [6.07, 6.45) is 8.62. The van der Waals surface area contributed by atoms with E-state index in [1.54, 1.807) is 6.20 Å². The lowest BCUT2D eigenvalue weighted by Crippen LogP contribution is -2.19. The van der Waals surface area contributed by atoms with E-state index < -0.39 is 0 Å². The van der Waals surface area contributed by atoms with Gasteiger partial charge in [0.25, 0.3) is 0 Å². The fourth-order valence-electron chi connectivity index (χ4n) is 1.26. The van der Waals surface area contributed by atoms with Gasteiger partial charge in [-0.1, -0.05) is 26.8 Å². The van der Waals surface area contributed by atoms with Crippen molar-refractivity contribution in [3.63, 3.8) is 0 Å². The molecule has 0 bridgehead atoms. The van der Waals surface area contributed by atoms with Crippen LogP contribution in [0.2, 0.25) is 0 Å². The molecule has 0 saturated carbocycles. The molecule has 0 aliphatic carbocycles. The molecule has 0 amide bonds. The Morgan fingerprint density at radius 3 is 2.62 bits per heavy atom. The Hall–Kier alpha value is -1.18. The van der Waals surface area contributed by atoms with E-state index in [1.165, 1.54) is 11.4 Å². The van der Waals surface area contributed by atoms with Crippen LogP contribution in [0, 0.1) is 5.41 Å². The highest BCUT2D eigenvalue weighted by molar-refractivity contribution is 5.28. The topological polar surface area (TPSA) is 38.0 Å². The maximum absolute atomic E-state index is 5.26. The molecule has 0 unspecified atom stereocenters. The molecule has 1 rings (SSSR count). The number of allylic oxidation sites excluding steroid dienone is 4. The van der Waals surface area contributed by atoms with E-state index >= 15 is 0 Å². The number of nitrogens with one attached hydrogen (secondary N) is 1. The first-order chi connectivity index (χ1) is 6.04. The molecule has 0 radical (unpaired) electrons. The van der Waals surface area contributed by atoms with Gasteiger partial charge in [-0.3, -0.25) is 0 Å². The molecule has 72 valence electrons. The van der Waals surface area contributed by atoms with Crippen molar-refractivity contribution in [2.45, 2.75) is 27.2 Å². The van der Waals surface area contributed by atoms with E-state index in [0.717, 1.165) is 6.42 Å². The monoisotopic (exact) mass is 178 g/mol. The number of hydrogen-bond donors (Lipinski definition) is 2. The number of rotatable bonds is 1. The smallest absolute Gasteiger partial charge is 0.0188 e. The third-order valence-electron chi connectivity index (χ3n) is 2.04. The highest BCUT2D eigenvalue weighted by atomic mass is 14.9. The first kappa shape index (κ1) is 9.90. The van der Waals surface area contributed by atoms with E-state index in [2.05, 4.69) is 32.2 Å². The summed E-state index contributed by atoms with van der Waals surface area (Å²) in [5.74, 6) is 0. The molecule has 2 nitrogen and oxygen atoms in total. The van der Waals surface area contributed by atoms with Crippen LogP contribution < -0.4 is 11.1 Å². The SMILES string of the molecule is CC(C)(C)C1=CC/C(=C\C=C\N)N1. The molecule has 1 aliphatic heterocycles. The van der Waals surface area contributed by atoms with Crippen molar-refractivity contribution in [1.29, 1.82) is 0 Å². The molecular formula is C11H18N2. The summed E-state index contributed by atoms with van der Waals surface area (Å²) in [7, 11) is 0. The zero-order chi connectivity index (χ0) is 9.90. The lowest BCUT2D eigenvalue weighted by Gasteiger charge is -2.20. The summed E-state index contributed by atoms with van der Waals surface area (Å²) >= 11 is 0. The van der Waals surface area contributed by atoms with Crippen LogP contribution in [-0.2, 0) is 0 Å². The number of hydrogen-bond acceptors (Lipinski definition) is 2. The highest BCUT2D eigenvalue weighted by Crippen LogP contribution is 2.28. The molecular weight excluding hydrogens is 160 g/mol. The van der Waals surface area contributed by atoms with Gasteiger partial charge in [-0.15, -0.1) is 0 Å². The van der Waals surface area contributed by atoms with E-state index in [9.17, 15) is 0 Å². The molecule has 1 heterocycles. The molecule has 1 aliphatic rings. The van der Waals surface area contributed by atoms with E-state index in [-0.39, 0.29) is 5.41 Å². The van der Waals surface area contributed by atoms with Crippen molar-refractivity contribution >= 4 is 0 Å². The first-order valence-corrected chi connectivity index (χ1v) is 4.59. The second-order valence-electron chi connectivity index (χ2n) is 4.27. The van der Waals surface area contributed by atoms with Crippen LogP contribution in [-0.4, -0.2) is 0 Å². The Morgan fingerprint density at radius 1 is 1.46 bits per heavy atom. The zero-order valence-corrected chi connectivity index (χ0v) is 8.59. The maximum Gasteiger partial charge on any atom is 0.0188 e. The Labute approximate surface area is 80.2 Å². The van der Waals surface area contributed by atoms with Gasteiger partial charge in [0.15, 0.2) is 0 Å². The van der Waals surface area contributed by atoms with Crippen molar-refractivity contribution in [1.82, 2.24) is 5.32 Å². The average Bonchev–Trinajstić information content (AvgIpc) is 2.47. The van der Waals surface area contributed by atoms with E-state index in [4.69, 9.17) is 5.73 Å². The van der Waals surface area contributed by atoms with Crippen LogP contribution >= 0.6 is 0 Å². The van der Waals surface area contributed by atoms with Gasteiger partial charge in [-0.2, -0.15) is 0 Å². The van der Waals surface area contributed by atoms with Crippen LogP contribution in [0.1, 0.15) is 27.2 Å². The van der Waals surface area contributed by atoms with Crippen LogP contribution in [0.3, 0.4) is 0 Å². The molecule has 0 aromatic heterocycles. The third kappa shape index (κ3) is 2.65. The minimum Gasteiger partial charge on any atom is -0.405 e. The van der Waals surface area contributed by atoms with Gasteiger partial charge in [-0.05, 0) is 18.4 Å². The molecule has 13 heavy (non-hydrogen) atoms. The predicted octanol–water partition coefficient (Wildman–Crippen LogP) is 2.27. The summed E-state index contributed by atoms with van der Waals surface area (Å²) in [6, 6.07) is 0. The average molecular weight is 178 g/mol. The van der Waals surface area contributed by atoms with Crippen molar-refractivity contribution in [3.05, 3.63) is 35.8 Å². The van der Waals surface area contributed by atoms with Crippen LogP contribution in [0.15, 0.2) is 35.8 Å². The first-order valence-electron chi connectivity index (χ1n) is 4.59. The Balaban J connectivity index is 2.62. The van der Waals surface area contributed by atoms with Gasteiger partial charge in [0.2, 0.25) is 0 Å². The molecule has 0 fully saturated rings. The lowest BCUT2D eigenvalue weighted by atomic mass is 9.92. The summed E-state index contributed by atoms with van der Waals surface area (Å²) < 4.78 is 0. The van der Waals surface area contributed by atoms with Crippen molar-refractivity contribution in [2.75, 3.05) is 0 Å².